The van der Waals surface area contributed by atoms with Crippen LogP contribution in [-0.4, -0.2) is 119 Å². The molecule has 52 heavy (non-hydrogen) atoms. The van der Waals surface area contributed by atoms with Crippen molar-refractivity contribution in [2.75, 3.05) is 20.2 Å². The highest BCUT2D eigenvalue weighted by Crippen LogP contribution is 2.27. The SMILES string of the molecule is CC=CC=CC=CC(=O)NC(Cc1ccccc1)C(=O)NC1COC(=O)C2CCCN2C(=O)C(C)NC(=O)C(C)N(C)C(=O)C2CCC(C)N2C1=O. The summed E-state index contributed by atoms with van der Waals surface area (Å²) in [5.74, 6) is -4.20. The molecule has 3 aliphatic heterocycles. The van der Waals surface area contributed by atoms with Crippen LogP contribution in [0.5, 0.6) is 0 Å². The zero-order valence-corrected chi connectivity index (χ0v) is 30.4. The fourth-order valence-electron chi connectivity index (χ4n) is 6.67. The number of likely N-dealkylation sites (N-methyl/N-ethyl adjacent to an activating group) is 1. The van der Waals surface area contributed by atoms with Crippen LogP contribution in [0.3, 0.4) is 0 Å². The van der Waals surface area contributed by atoms with Gasteiger partial charge in [0.15, 0.2) is 0 Å². The summed E-state index contributed by atoms with van der Waals surface area (Å²) in [7, 11) is 1.47. The number of hydrogen-bond donors (Lipinski definition) is 3. The number of nitrogens with one attached hydrogen (secondary N) is 3. The summed E-state index contributed by atoms with van der Waals surface area (Å²) in [4.78, 5) is 99.3. The maximum Gasteiger partial charge on any atom is 0.328 e. The second-order valence-electron chi connectivity index (χ2n) is 13.4. The van der Waals surface area contributed by atoms with Gasteiger partial charge >= 0.3 is 5.97 Å². The Kier molecular flexibility index (Phi) is 13.9. The van der Waals surface area contributed by atoms with Gasteiger partial charge in [-0.1, -0.05) is 60.7 Å². The van der Waals surface area contributed by atoms with Crippen molar-refractivity contribution in [2.24, 2.45) is 0 Å². The van der Waals surface area contributed by atoms with Crippen LogP contribution in [0.25, 0.3) is 0 Å². The molecule has 7 unspecified atom stereocenters. The molecule has 0 spiro atoms. The van der Waals surface area contributed by atoms with Crippen molar-refractivity contribution < 1.29 is 38.3 Å². The third kappa shape index (κ3) is 9.74. The lowest BCUT2D eigenvalue weighted by Crippen LogP contribution is -2.61. The van der Waals surface area contributed by atoms with Crippen LogP contribution in [-0.2, 0) is 44.7 Å². The molecule has 14 heteroatoms. The van der Waals surface area contributed by atoms with Crippen molar-refractivity contribution >= 4 is 41.4 Å². The van der Waals surface area contributed by atoms with Crippen molar-refractivity contribution in [1.82, 2.24) is 30.7 Å². The molecular formula is C38H50N6O8. The first-order chi connectivity index (χ1) is 24.8. The van der Waals surface area contributed by atoms with E-state index in [0.29, 0.717) is 25.7 Å². The molecule has 0 saturated carbocycles. The summed E-state index contributed by atoms with van der Waals surface area (Å²) in [6, 6.07) is 2.16. The highest BCUT2D eigenvalue weighted by Gasteiger charge is 2.45. The number of carbonyl (C=O) groups is 7. The molecule has 280 valence electrons. The average molecular weight is 719 g/mol. The molecular weight excluding hydrogens is 668 g/mol. The van der Waals surface area contributed by atoms with E-state index in [1.54, 1.807) is 49.4 Å². The lowest BCUT2D eigenvalue weighted by Gasteiger charge is -2.36. The predicted octanol–water partition coefficient (Wildman–Crippen LogP) is 1.17. The third-order valence-corrected chi connectivity index (χ3v) is 9.75. The van der Waals surface area contributed by atoms with Crippen molar-refractivity contribution in [3.63, 3.8) is 0 Å². The lowest BCUT2D eigenvalue weighted by atomic mass is 10.0. The molecule has 0 aromatic heterocycles. The van der Waals surface area contributed by atoms with Crippen molar-refractivity contribution in [3.8, 4) is 0 Å². The second-order valence-corrected chi connectivity index (χ2v) is 13.4. The van der Waals surface area contributed by atoms with Crippen LogP contribution in [0.1, 0.15) is 58.9 Å². The average Bonchev–Trinajstić information content (AvgIpc) is 3.78. The van der Waals surface area contributed by atoms with E-state index >= 15 is 0 Å². The van der Waals surface area contributed by atoms with E-state index in [1.807, 2.05) is 19.1 Å². The minimum Gasteiger partial charge on any atom is -0.461 e. The summed E-state index contributed by atoms with van der Waals surface area (Å²) < 4.78 is 5.67. The van der Waals surface area contributed by atoms with Crippen molar-refractivity contribution in [2.45, 2.75) is 102 Å². The van der Waals surface area contributed by atoms with Gasteiger partial charge in [0, 0.05) is 32.1 Å². The topological polar surface area (TPSA) is 175 Å². The molecule has 3 fully saturated rings. The van der Waals surface area contributed by atoms with Gasteiger partial charge in [0.05, 0.1) is 0 Å². The van der Waals surface area contributed by atoms with E-state index in [9.17, 15) is 33.6 Å². The largest absolute Gasteiger partial charge is 0.461 e. The van der Waals surface area contributed by atoms with Crippen molar-refractivity contribution in [3.05, 3.63) is 72.4 Å². The number of fused-ring (bicyclic) bond motifs is 2. The predicted molar refractivity (Wildman–Crippen MR) is 192 cm³/mol. The number of amides is 6. The number of carbonyl (C=O) groups excluding carboxylic acids is 7. The Labute approximate surface area is 304 Å². The quantitative estimate of drug-likeness (QED) is 0.204. The maximum atomic E-state index is 14.4. The molecule has 0 bridgehead atoms. The Hall–Kier alpha value is -5.27. The Morgan fingerprint density at radius 1 is 0.923 bits per heavy atom. The van der Waals surface area contributed by atoms with E-state index in [4.69, 9.17) is 4.74 Å². The molecule has 1 aromatic rings. The Balaban J connectivity index is 1.67. The summed E-state index contributed by atoms with van der Waals surface area (Å²) in [6.45, 7) is 6.38. The van der Waals surface area contributed by atoms with Gasteiger partial charge in [0.25, 0.3) is 0 Å². The highest BCUT2D eigenvalue weighted by atomic mass is 16.5. The first-order valence-electron chi connectivity index (χ1n) is 17.8. The minimum absolute atomic E-state index is 0.0880. The van der Waals surface area contributed by atoms with Crippen molar-refractivity contribution in [1.29, 1.82) is 0 Å². The number of cyclic esters (lactones) is 1. The van der Waals surface area contributed by atoms with E-state index in [0.717, 1.165) is 5.56 Å². The number of allylic oxidation sites excluding steroid dienone is 5. The van der Waals surface area contributed by atoms with Crippen LogP contribution in [0.15, 0.2) is 66.8 Å². The molecule has 3 aliphatic rings. The first-order valence-corrected chi connectivity index (χ1v) is 17.8. The van der Waals surface area contributed by atoms with Gasteiger partial charge in [-0.2, -0.15) is 0 Å². The molecule has 3 heterocycles. The standard InChI is InChI=1S/C38H50N6O8/c1-6-7-8-9-13-18-32(45)40-28(22-27-15-11-10-12-16-27)34(47)41-29-23-52-38(51)31-17-14-21-43(31)35(48)25(3)39-33(46)26(4)42(5)37(50)30-20-19-24(2)44(30)36(29)49/h6-13,15-16,18,24-26,28-31H,14,17,19-23H2,1-5H3,(H,39,46)(H,40,45)(H,41,47). The summed E-state index contributed by atoms with van der Waals surface area (Å²) >= 11 is 0. The molecule has 0 aliphatic carbocycles. The smallest absolute Gasteiger partial charge is 0.328 e. The van der Waals surface area contributed by atoms with Gasteiger partial charge in [-0.05, 0) is 58.9 Å². The molecule has 3 saturated heterocycles. The fourth-order valence-corrected chi connectivity index (χ4v) is 6.67. The van der Waals surface area contributed by atoms with Crippen LogP contribution < -0.4 is 16.0 Å². The fraction of sp³-hybridized carbons (Fsp3) is 0.500. The third-order valence-electron chi connectivity index (χ3n) is 9.75. The number of benzene rings is 1. The number of nitrogens with zero attached hydrogens (tertiary/aromatic N) is 3. The first kappa shape index (κ1) is 39.5. The number of hydrogen-bond acceptors (Lipinski definition) is 8. The zero-order chi connectivity index (χ0) is 37.9. The van der Waals surface area contributed by atoms with Gasteiger partial charge in [-0.3, -0.25) is 28.8 Å². The summed E-state index contributed by atoms with van der Waals surface area (Å²) in [6.07, 6.45) is 11.5. The lowest BCUT2D eigenvalue weighted by molar-refractivity contribution is -0.158. The van der Waals surface area contributed by atoms with Gasteiger partial charge in [0.1, 0.15) is 42.9 Å². The van der Waals surface area contributed by atoms with Gasteiger partial charge in [-0.25, -0.2) is 4.79 Å². The van der Waals surface area contributed by atoms with E-state index in [1.165, 1.54) is 47.7 Å². The molecule has 3 N–H and O–H groups in total. The van der Waals surface area contributed by atoms with E-state index in [-0.39, 0.29) is 13.0 Å². The molecule has 7 atom stereocenters. The zero-order valence-electron chi connectivity index (χ0n) is 30.4. The van der Waals surface area contributed by atoms with Crippen LogP contribution in [0.4, 0.5) is 0 Å². The number of esters is 1. The Morgan fingerprint density at radius 2 is 1.63 bits per heavy atom. The second kappa shape index (κ2) is 18.3. The van der Waals surface area contributed by atoms with Crippen LogP contribution >= 0.6 is 0 Å². The molecule has 0 radical (unpaired) electrons. The molecule has 14 nitrogen and oxygen atoms in total. The molecule has 4 rings (SSSR count). The van der Waals surface area contributed by atoms with Gasteiger partial charge < -0.3 is 35.4 Å². The van der Waals surface area contributed by atoms with Gasteiger partial charge in [0.2, 0.25) is 35.4 Å². The van der Waals surface area contributed by atoms with Crippen LogP contribution in [0, 0.1) is 0 Å². The minimum atomic E-state index is -1.44. The number of rotatable bonds is 8. The summed E-state index contributed by atoms with van der Waals surface area (Å²) in [5.41, 5.74) is 0.746. The van der Waals surface area contributed by atoms with Crippen LogP contribution in [0.2, 0.25) is 0 Å². The monoisotopic (exact) mass is 718 g/mol. The number of ether oxygens (including phenoxy) is 1. The normalized spacial score (nSPS) is 27.2. The summed E-state index contributed by atoms with van der Waals surface area (Å²) in [5, 5.41) is 8.09. The molecule has 6 amide bonds. The van der Waals surface area contributed by atoms with Gasteiger partial charge in [-0.15, -0.1) is 0 Å². The molecule has 1 aromatic carbocycles. The Bertz CT molecular complexity index is 1590. The Morgan fingerprint density at radius 3 is 2.35 bits per heavy atom. The highest BCUT2D eigenvalue weighted by molar-refractivity contribution is 5.98. The maximum absolute atomic E-state index is 14.4. The van der Waals surface area contributed by atoms with E-state index in [2.05, 4.69) is 16.0 Å². The van der Waals surface area contributed by atoms with E-state index < -0.39 is 90.3 Å².